The quantitative estimate of drug-likeness (QED) is 0.675. The van der Waals surface area contributed by atoms with Gasteiger partial charge < -0.3 is 9.84 Å². The normalized spacial score (nSPS) is 25.9. The van der Waals surface area contributed by atoms with Crippen LogP contribution in [0.5, 0.6) is 0 Å². The Hall–Kier alpha value is -0.0800. The molecule has 1 rings (SSSR count). The van der Waals surface area contributed by atoms with Gasteiger partial charge >= 0.3 is 0 Å². The van der Waals surface area contributed by atoms with E-state index in [1.54, 1.807) is 0 Å². The van der Waals surface area contributed by atoms with E-state index in [9.17, 15) is 0 Å². The van der Waals surface area contributed by atoms with Crippen molar-refractivity contribution in [3.63, 3.8) is 0 Å². The lowest BCUT2D eigenvalue weighted by Crippen LogP contribution is -2.29. The molecule has 0 radical (unpaired) electrons. The van der Waals surface area contributed by atoms with E-state index < -0.39 is 0 Å². The van der Waals surface area contributed by atoms with Gasteiger partial charge in [-0.3, -0.25) is 0 Å². The van der Waals surface area contributed by atoms with Crippen LogP contribution in [0.4, 0.5) is 0 Å². The molecular weight excluding hydrogens is 140 g/mol. The number of hydrogen-bond acceptors (Lipinski definition) is 2. The van der Waals surface area contributed by atoms with Crippen LogP contribution in [0.3, 0.4) is 0 Å². The van der Waals surface area contributed by atoms with Crippen molar-refractivity contribution in [2.45, 2.75) is 39.2 Å². The first kappa shape index (κ1) is 9.01. The molecule has 2 heteroatoms. The second kappa shape index (κ2) is 3.55. The van der Waals surface area contributed by atoms with E-state index in [2.05, 4.69) is 13.8 Å². The predicted octanol–water partition coefficient (Wildman–Crippen LogP) is 1.57. The molecule has 1 aliphatic heterocycles. The van der Waals surface area contributed by atoms with Gasteiger partial charge in [0.2, 0.25) is 0 Å². The third-order valence-corrected chi connectivity index (χ3v) is 2.56. The number of aliphatic hydroxyl groups excluding tert-OH is 1. The monoisotopic (exact) mass is 158 g/mol. The predicted molar refractivity (Wildman–Crippen MR) is 44.5 cm³/mol. The van der Waals surface area contributed by atoms with Crippen molar-refractivity contribution in [3.8, 4) is 0 Å². The summed E-state index contributed by atoms with van der Waals surface area (Å²) < 4.78 is 5.56. The fraction of sp³-hybridized carbons (Fsp3) is 1.00. The summed E-state index contributed by atoms with van der Waals surface area (Å²) >= 11 is 0. The average molecular weight is 158 g/mol. The molecule has 0 spiro atoms. The van der Waals surface area contributed by atoms with Gasteiger partial charge in [0.25, 0.3) is 0 Å². The highest BCUT2D eigenvalue weighted by Crippen LogP contribution is 2.33. The highest BCUT2D eigenvalue weighted by molar-refractivity contribution is 4.81. The van der Waals surface area contributed by atoms with Crippen LogP contribution in [0.1, 0.15) is 33.1 Å². The summed E-state index contributed by atoms with van der Waals surface area (Å²) in [7, 11) is 0. The van der Waals surface area contributed by atoms with E-state index in [0.29, 0.717) is 6.10 Å². The van der Waals surface area contributed by atoms with Crippen LogP contribution < -0.4 is 0 Å². The van der Waals surface area contributed by atoms with Crippen LogP contribution >= 0.6 is 0 Å². The molecule has 1 heterocycles. The largest absolute Gasteiger partial charge is 0.396 e. The molecule has 1 fully saturated rings. The molecule has 1 unspecified atom stereocenters. The molecule has 1 aliphatic rings. The van der Waals surface area contributed by atoms with Gasteiger partial charge in [0, 0.05) is 13.2 Å². The second-order valence-electron chi connectivity index (χ2n) is 3.96. The summed E-state index contributed by atoms with van der Waals surface area (Å²) in [5, 5.41) is 8.81. The first-order valence-corrected chi connectivity index (χ1v) is 4.39. The molecule has 0 aromatic carbocycles. The number of aliphatic hydroxyl groups is 1. The number of hydrogen-bond donors (Lipinski definition) is 1. The Bertz CT molecular complexity index is 115. The summed E-state index contributed by atoms with van der Waals surface area (Å²) in [6.07, 6.45) is 3.55. The maximum Gasteiger partial charge on any atom is 0.0627 e. The lowest BCUT2D eigenvalue weighted by molar-refractivity contribution is 0.00590. The molecular formula is C9H18O2. The third-order valence-electron chi connectivity index (χ3n) is 2.56. The molecule has 11 heavy (non-hydrogen) atoms. The van der Waals surface area contributed by atoms with Crippen LogP contribution in [0.15, 0.2) is 0 Å². The Morgan fingerprint density at radius 2 is 2.27 bits per heavy atom. The van der Waals surface area contributed by atoms with Gasteiger partial charge in [0.15, 0.2) is 0 Å². The Morgan fingerprint density at radius 1 is 1.55 bits per heavy atom. The van der Waals surface area contributed by atoms with E-state index in [4.69, 9.17) is 9.84 Å². The van der Waals surface area contributed by atoms with Crippen LogP contribution in [0.25, 0.3) is 0 Å². The van der Waals surface area contributed by atoms with E-state index in [0.717, 1.165) is 19.4 Å². The molecule has 1 saturated heterocycles. The van der Waals surface area contributed by atoms with Crippen molar-refractivity contribution in [2.75, 3.05) is 13.2 Å². The minimum atomic E-state index is 0.158. The van der Waals surface area contributed by atoms with Gasteiger partial charge in [0.05, 0.1) is 6.10 Å². The first-order chi connectivity index (χ1) is 5.17. The van der Waals surface area contributed by atoms with Crippen LogP contribution in [0.2, 0.25) is 0 Å². The van der Waals surface area contributed by atoms with Crippen molar-refractivity contribution in [2.24, 2.45) is 5.41 Å². The van der Waals surface area contributed by atoms with Crippen LogP contribution in [-0.2, 0) is 4.74 Å². The highest BCUT2D eigenvalue weighted by atomic mass is 16.5. The molecule has 1 atom stereocenters. The van der Waals surface area contributed by atoms with E-state index in [-0.39, 0.29) is 12.0 Å². The van der Waals surface area contributed by atoms with Crippen LogP contribution in [-0.4, -0.2) is 24.4 Å². The molecule has 0 saturated carbocycles. The fourth-order valence-corrected chi connectivity index (χ4v) is 1.64. The standard InChI is InChI=1S/C9H18O2/c1-9(2,5-6-10)8-4-3-7-11-8/h8,10H,3-7H2,1-2H3. The van der Waals surface area contributed by atoms with Gasteiger partial charge in [-0.2, -0.15) is 0 Å². The summed E-state index contributed by atoms with van der Waals surface area (Å²) in [5.74, 6) is 0. The van der Waals surface area contributed by atoms with Crippen LogP contribution in [0, 0.1) is 5.41 Å². The minimum absolute atomic E-state index is 0.158. The Labute approximate surface area is 68.6 Å². The zero-order valence-corrected chi connectivity index (χ0v) is 7.47. The number of rotatable bonds is 3. The Morgan fingerprint density at radius 3 is 2.73 bits per heavy atom. The van der Waals surface area contributed by atoms with Crippen molar-refractivity contribution in [3.05, 3.63) is 0 Å². The zero-order chi connectivity index (χ0) is 8.32. The molecule has 0 aliphatic carbocycles. The number of ether oxygens (including phenoxy) is 1. The zero-order valence-electron chi connectivity index (χ0n) is 7.47. The fourth-order valence-electron chi connectivity index (χ4n) is 1.64. The van der Waals surface area contributed by atoms with E-state index in [1.165, 1.54) is 6.42 Å². The van der Waals surface area contributed by atoms with Gasteiger partial charge in [-0.25, -0.2) is 0 Å². The third kappa shape index (κ3) is 2.17. The Kier molecular flexibility index (Phi) is 2.90. The van der Waals surface area contributed by atoms with Gasteiger partial charge in [-0.15, -0.1) is 0 Å². The average Bonchev–Trinajstić information content (AvgIpc) is 2.37. The van der Waals surface area contributed by atoms with Gasteiger partial charge in [-0.05, 0) is 24.7 Å². The van der Waals surface area contributed by atoms with E-state index >= 15 is 0 Å². The molecule has 0 aromatic rings. The summed E-state index contributed by atoms with van der Waals surface area (Å²) in [6.45, 7) is 5.50. The molecule has 0 aromatic heterocycles. The lowest BCUT2D eigenvalue weighted by atomic mass is 9.82. The van der Waals surface area contributed by atoms with Gasteiger partial charge in [-0.1, -0.05) is 13.8 Å². The topological polar surface area (TPSA) is 29.5 Å². The van der Waals surface area contributed by atoms with Crippen molar-refractivity contribution < 1.29 is 9.84 Å². The Balaban J connectivity index is 2.41. The van der Waals surface area contributed by atoms with E-state index in [1.807, 2.05) is 0 Å². The smallest absolute Gasteiger partial charge is 0.0627 e. The molecule has 1 N–H and O–H groups in total. The van der Waals surface area contributed by atoms with Crippen molar-refractivity contribution in [1.29, 1.82) is 0 Å². The first-order valence-electron chi connectivity index (χ1n) is 4.39. The molecule has 2 nitrogen and oxygen atoms in total. The second-order valence-corrected chi connectivity index (χ2v) is 3.96. The molecule has 0 amide bonds. The SMILES string of the molecule is CC(C)(CCO)C1CCCO1. The highest BCUT2D eigenvalue weighted by Gasteiger charge is 2.32. The minimum Gasteiger partial charge on any atom is -0.396 e. The molecule has 66 valence electrons. The summed E-state index contributed by atoms with van der Waals surface area (Å²) in [6, 6.07) is 0. The van der Waals surface area contributed by atoms with Crippen molar-refractivity contribution >= 4 is 0 Å². The summed E-state index contributed by atoms with van der Waals surface area (Å²) in [4.78, 5) is 0. The van der Waals surface area contributed by atoms with Gasteiger partial charge in [0.1, 0.15) is 0 Å². The summed E-state index contributed by atoms with van der Waals surface area (Å²) in [5.41, 5.74) is 0.158. The lowest BCUT2D eigenvalue weighted by Gasteiger charge is -2.29. The maximum atomic E-state index is 8.81. The molecule has 0 bridgehead atoms. The van der Waals surface area contributed by atoms with Crippen molar-refractivity contribution in [1.82, 2.24) is 0 Å². The maximum absolute atomic E-state index is 8.81.